The van der Waals surface area contributed by atoms with E-state index in [2.05, 4.69) is 0 Å². The van der Waals surface area contributed by atoms with Crippen LogP contribution in [0.15, 0.2) is 23.1 Å². The standard InChI is InChI=1S/C12H15FN2O4S/c1-12(11(16)17)4-5-15(7-12)10-3-2-8(6-9(10)13)20(14,18)19/h2-3,6H,4-5,7H2,1H3,(H,16,17)(H2,14,18,19). The van der Waals surface area contributed by atoms with Gasteiger partial charge in [0.05, 0.1) is 16.0 Å². The Labute approximate surface area is 116 Å². The normalized spacial score (nSPS) is 23.1. The van der Waals surface area contributed by atoms with E-state index < -0.39 is 27.2 Å². The van der Waals surface area contributed by atoms with E-state index in [1.165, 1.54) is 12.1 Å². The second-order valence-electron chi connectivity index (χ2n) is 5.20. The number of anilines is 1. The molecule has 0 amide bonds. The third kappa shape index (κ3) is 2.61. The van der Waals surface area contributed by atoms with Crippen LogP contribution in [0.25, 0.3) is 0 Å². The molecule has 1 fully saturated rings. The van der Waals surface area contributed by atoms with Crippen LogP contribution >= 0.6 is 0 Å². The van der Waals surface area contributed by atoms with Crippen molar-refractivity contribution in [3.63, 3.8) is 0 Å². The number of hydrogen-bond acceptors (Lipinski definition) is 4. The second kappa shape index (κ2) is 4.71. The van der Waals surface area contributed by atoms with Crippen molar-refractivity contribution in [1.82, 2.24) is 0 Å². The van der Waals surface area contributed by atoms with Crippen molar-refractivity contribution in [3.05, 3.63) is 24.0 Å². The zero-order chi connectivity index (χ0) is 15.1. The fourth-order valence-corrected chi connectivity index (χ4v) is 2.79. The molecule has 1 aliphatic heterocycles. The highest BCUT2D eigenvalue weighted by Crippen LogP contribution is 2.34. The van der Waals surface area contributed by atoms with E-state index >= 15 is 0 Å². The lowest BCUT2D eigenvalue weighted by atomic mass is 9.90. The van der Waals surface area contributed by atoms with Crippen molar-refractivity contribution in [2.75, 3.05) is 18.0 Å². The van der Waals surface area contributed by atoms with Crippen LogP contribution < -0.4 is 10.0 Å². The predicted octanol–water partition coefficient (Wildman–Crippen LogP) is 0.774. The Morgan fingerprint density at radius 3 is 2.60 bits per heavy atom. The number of nitrogens with two attached hydrogens (primary N) is 1. The molecule has 1 unspecified atom stereocenters. The number of carbonyl (C=O) groups is 1. The Morgan fingerprint density at radius 2 is 2.15 bits per heavy atom. The summed E-state index contributed by atoms with van der Waals surface area (Å²) in [6.07, 6.45) is 0.402. The molecule has 8 heteroatoms. The van der Waals surface area contributed by atoms with Gasteiger partial charge in [-0.15, -0.1) is 0 Å². The van der Waals surface area contributed by atoms with Gasteiger partial charge in [-0.1, -0.05) is 0 Å². The number of nitrogens with zero attached hydrogens (tertiary/aromatic N) is 1. The molecule has 0 aromatic heterocycles. The van der Waals surface area contributed by atoms with Crippen LogP contribution in [-0.2, 0) is 14.8 Å². The third-order valence-electron chi connectivity index (χ3n) is 3.58. The van der Waals surface area contributed by atoms with Crippen LogP contribution in [0, 0.1) is 11.2 Å². The van der Waals surface area contributed by atoms with Crippen molar-refractivity contribution < 1.29 is 22.7 Å². The molecule has 0 radical (unpaired) electrons. The number of carboxylic acids is 1. The first-order chi connectivity index (χ1) is 9.13. The van der Waals surface area contributed by atoms with Gasteiger partial charge in [-0.3, -0.25) is 4.79 Å². The third-order valence-corrected chi connectivity index (χ3v) is 4.49. The Kier molecular flexibility index (Phi) is 3.47. The topological polar surface area (TPSA) is 101 Å². The molecule has 1 saturated heterocycles. The lowest BCUT2D eigenvalue weighted by Gasteiger charge is -2.22. The summed E-state index contributed by atoms with van der Waals surface area (Å²) in [5.74, 6) is -1.66. The number of hydrogen-bond donors (Lipinski definition) is 2. The number of benzene rings is 1. The smallest absolute Gasteiger partial charge is 0.311 e. The Morgan fingerprint density at radius 1 is 1.50 bits per heavy atom. The Bertz CT molecular complexity index is 661. The first-order valence-electron chi connectivity index (χ1n) is 5.94. The van der Waals surface area contributed by atoms with Gasteiger partial charge in [0, 0.05) is 13.1 Å². The minimum Gasteiger partial charge on any atom is -0.481 e. The summed E-state index contributed by atoms with van der Waals surface area (Å²) < 4.78 is 36.2. The molecule has 3 N–H and O–H groups in total. The summed E-state index contributed by atoms with van der Waals surface area (Å²) in [4.78, 5) is 12.4. The number of sulfonamides is 1. The van der Waals surface area contributed by atoms with Gasteiger partial charge in [0.2, 0.25) is 10.0 Å². The van der Waals surface area contributed by atoms with Gasteiger partial charge in [-0.05, 0) is 31.5 Å². The van der Waals surface area contributed by atoms with Crippen LogP contribution in [0.3, 0.4) is 0 Å². The van der Waals surface area contributed by atoms with Crippen molar-refractivity contribution in [1.29, 1.82) is 0 Å². The molecule has 0 bridgehead atoms. The molecule has 1 aliphatic rings. The van der Waals surface area contributed by atoms with Crippen LogP contribution in [0.4, 0.5) is 10.1 Å². The quantitative estimate of drug-likeness (QED) is 0.859. The molecule has 110 valence electrons. The summed E-state index contributed by atoms with van der Waals surface area (Å²) in [6, 6.07) is 3.37. The van der Waals surface area contributed by atoms with Gasteiger partial charge in [0.25, 0.3) is 0 Å². The minimum absolute atomic E-state index is 0.175. The van der Waals surface area contributed by atoms with Crippen LogP contribution in [0.2, 0.25) is 0 Å². The molecule has 1 atom stereocenters. The van der Waals surface area contributed by atoms with Crippen LogP contribution in [-0.4, -0.2) is 32.6 Å². The fraction of sp³-hybridized carbons (Fsp3) is 0.417. The molecule has 0 aliphatic carbocycles. The summed E-state index contributed by atoms with van der Waals surface area (Å²) in [7, 11) is -3.95. The first-order valence-corrected chi connectivity index (χ1v) is 7.49. The SMILES string of the molecule is CC1(C(=O)O)CCN(c2ccc(S(N)(=O)=O)cc2F)C1. The molecule has 1 heterocycles. The molecule has 1 aromatic carbocycles. The Hall–Kier alpha value is -1.67. The molecular weight excluding hydrogens is 287 g/mol. The summed E-state index contributed by atoms with van der Waals surface area (Å²) in [5.41, 5.74) is -0.743. The van der Waals surface area contributed by atoms with Crippen LogP contribution in [0.1, 0.15) is 13.3 Å². The van der Waals surface area contributed by atoms with Crippen molar-refractivity contribution in [3.8, 4) is 0 Å². The number of rotatable bonds is 3. The number of primary sulfonamides is 1. The molecule has 20 heavy (non-hydrogen) atoms. The highest BCUT2D eigenvalue weighted by atomic mass is 32.2. The highest BCUT2D eigenvalue weighted by molar-refractivity contribution is 7.89. The Balaban J connectivity index is 2.30. The average Bonchev–Trinajstić information content (AvgIpc) is 2.72. The van der Waals surface area contributed by atoms with E-state index in [1.54, 1.807) is 11.8 Å². The van der Waals surface area contributed by atoms with Gasteiger partial charge in [0.1, 0.15) is 5.82 Å². The maximum Gasteiger partial charge on any atom is 0.311 e. The second-order valence-corrected chi connectivity index (χ2v) is 6.76. The van der Waals surface area contributed by atoms with Crippen molar-refractivity contribution >= 4 is 21.7 Å². The zero-order valence-electron chi connectivity index (χ0n) is 10.8. The van der Waals surface area contributed by atoms with E-state index in [-0.39, 0.29) is 17.1 Å². The molecule has 0 spiro atoms. The first kappa shape index (κ1) is 14.7. The van der Waals surface area contributed by atoms with Gasteiger partial charge >= 0.3 is 5.97 Å². The summed E-state index contributed by atoms with van der Waals surface area (Å²) >= 11 is 0. The van der Waals surface area contributed by atoms with Crippen molar-refractivity contribution in [2.45, 2.75) is 18.2 Å². The van der Waals surface area contributed by atoms with Gasteiger partial charge < -0.3 is 10.0 Å². The molecule has 1 aromatic rings. The van der Waals surface area contributed by atoms with E-state index in [9.17, 15) is 17.6 Å². The lowest BCUT2D eigenvalue weighted by Crippen LogP contribution is -2.32. The molecule has 2 rings (SSSR count). The molecular formula is C12H15FN2O4S. The van der Waals surface area contributed by atoms with Crippen molar-refractivity contribution in [2.24, 2.45) is 10.6 Å². The maximum absolute atomic E-state index is 14.0. The molecule has 0 saturated carbocycles. The number of halogens is 1. The van der Waals surface area contributed by atoms with E-state index in [4.69, 9.17) is 10.2 Å². The predicted molar refractivity (Wildman–Crippen MR) is 70.3 cm³/mol. The zero-order valence-corrected chi connectivity index (χ0v) is 11.7. The average molecular weight is 302 g/mol. The van der Waals surface area contributed by atoms with Gasteiger partial charge in [0.15, 0.2) is 0 Å². The maximum atomic E-state index is 14.0. The van der Waals surface area contributed by atoms with Crippen LogP contribution in [0.5, 0.6) is 0 Å². The summed E-state index contributed by atoms with van der Waals surface area (Å²) in [6.45, 7) is 2.17. The molecule has 6 nitrogen and oxygen atoms in total. The van der Waals surface area contributed by atoms with E-state index in [1.807, 2.05) is 0 Å². The highest BCUT2D eigenvalue weighted by Gasteiger charge is 2.41. The largest absolute Gasteiger partial charge is 0.481 e. The fourth-order valence-electron chi connectivity index (χ4n) is 2.26. The lowest BCUT2D eigenvalue weighted by molar-refractivity contribution is -0.146. The van der Waals surface area contributed by atoms with E-state index in [0.717, 1.165) is 6.07 Å². The van der Waals surface area contributed by atoms with Gasteiger partial charge in [-0.25, -0.2) is 17.9 Å². The number of aliphatic carboxylic acids is 1. The number of carboxylic acid groups (broad SMARTS) is 1. The van der Waals surface area contributed by atoms with E-state index in [0.29, 0.717) is 13.0 Å². The van der Waals surface area contributed by atoms with Gasteiger partial charge in [-0.2, -0.15) is 0 Å². The monoisotopic (exact) mass is 302 g/mol. The summed E-state index contributed by atoms with van der Waals surface area (Å²) in [5, 5.41) is 14.1. The minimum atomic E-state index is -3.95.